The second-order valence-electron chi connectivity index (χ2n) is 6.51. The molecule has 0 spiro atoms. The maximum absolute atomic E-state index is 13.3. The van der Waals surface area contributed by atoms with Crippen LogP contribution in [0.3, 0.4) is 0 Å². The van der Waals surface area contributed by atoms with Crippen LogP contribution in [0.4, 0.5) is 19.0 Å². The van der Waals surface area contributed by atoms with E-state index in [1.54, 1.807) is 35.2 Å². The number of hydrogen-bond acceptors (Lipinski definition) is 4. The van der Waals surface area contributed by atoms with Crippen molar-refractivity contribution in [1.82, 2.24) is 9.55 Å². The molecule has 1 saturated heterocycles. The van der Waals surface area contributed by atoms with E-state index < -0.39 is 23.5 Å². The Balaban J connectivity index is 2.02. The molecule has 1 fully saturated rings. The lowest BCUT2D eigenvalue weighted by molar-refractivity contribution is -0.137. The number of aromatic nitrogens is 2. The third-order valence-electron chi connectivity index (χ3n) is 4.68. The highest BCUT2D eigenvalue weighted by Gasteiger charge is 2.32. The largest absolute Gasteiger partial charge is 0.416 e. The molecule has 1 aromatic heterocycles. The number of alkyl halides is 3. The standard InChI is InChI=1S/C19H16F3N3O2/c20-19(21,22)12-6-7-15-16(10-12)25(13-4-2-1-3-5-13)18(27)23-17(15)24-9-8-14(26)11-24/h1-7,10,14,26H,8-9,11H2/t14-/m1/s1. The Morgan fingerprint density at radius 3 is 2.48 bits per heavy atom. The number of rotatable bonds is 2. The topological polar surface area (TPSA) is 58.4 Å². The molecule has 1 N–H and O–H groups in total. The van der Waals surface area contributed by atoms with Crippen LogP contribution in [-0.4, -0.2) is 33.9 Å². The number of β-amino-alcohol motifs (C(OH)–C–C–N with tert-alkyl or cyclic N) is 1. The van der Waals surface area contributed by atoms with Crippen LogP contribution in [-0.2, 0) is 6.18 Å². The maximum Gasteiger partial charge on any atom is 0.416 e. The molecular weight excluding hydrogens is 359 g/mol. The van der Waals surface area contributed by atoms with Gasteiger partial charge in [0.1, 0.15) is 5.82 Å². The van der Waals surface area contributed by atoms with E-state index in [4.69, 9.17) is 0 Å². The van der Waals surface area contributed by atoms with E-state index in [9.17, 15) is 23.1 Å². The molecule has 0 unspecified atom stereocenters. The predicted molar refractivity (Wildman–Crippen MR) is 95.2 cm³/mol. The van der Waals surface area contributed by atoms with Crippen molar-refractivity contribution in [2.24, 2.45) is 0 Å². The Morgan fingerprint density at radius 2 is 1.85 bits per heavy atom. The van der Waals surface area contributed by atoms with Crippen molar-refractivity contribution in [2.75, 3.05) is 18.0 Å². The third-order valence-corrected chi connectivity index (χ3v) is 4.68. The van der Waals surface area contributed by atoms with Crippen molar-refractivity contribution in [3.8, 4) is 5.69 Å². The molecule has 1 atom stereocenters. The summed E-state index contributed by atoms with van der Waals surface area (Å²) in [5.41, 5.74) is -0.929. The number of benzene rings is 2. The van der Waals surface area contributed by atoms with E-state index in [2.05, 4.69) is 4.98 Å². The first kappa shape index (κ1) is 17.5. The van der Waals surface area contributed by atoms with Crippen molar-refractivity contribution >= 4 is 16.7 Å². The average molecular weight is 375 g/mol. The van der Waals surface area contributed by atoms with E-state index in [0.29, 0.717) is 29.9 Å². The van der Waals surface area contributed by atoms with Gasteiger partial charge in [-0.15, -0.1) is 0 Å². The lowest BCUT2D eigenvalue weighted by Gasteiger charge is -2.21. The molecule has 1 aliphatic rings. The second-order valence-corrected chi connectivity index (χ2v) is 6.51. The summed E-state index contributed by atoms with van der Waals surface area (Å²) in [5.74, 6) is 0.299. The second kappa shape index (κ2) is 6.38. The van der Waals surface area contributed by atoms with Crippen molar-refractivity contribution in [1.29, 1.82) is 0 Å². The molecule has 8 heteroatoms. The highest BCUT2D eigenvalue weighted by molar-refractivity contribution is 5.91. The number of anilines is 1. The summed E-state index contributed by atoms with van der Waals surface area (Å²) in [5, 5.41) is 10.2. The van der Waals surface area contributed by atoms with Crippen LogP contribution in [0.5, 0.6) is 0 Å². The molecule has 140 valence electrons. The number of aliphatic hydroxyl groups excluding tert-OH is 1. The predicted octanol–water partition coefficient (Wildman–Crippen LogP) is 2.98. The van der Waals surface area contributed by atoms with E-state index in [1.807, 2.05) is 0 Å². The van der Waals surface area contributed by atoms with Gasteiger partial charge in [-0.3, -0.25) is 4.57 Å². The summed E-state index contributed by atoms with van der Waals surface area (Å²) < 4.78 is 41.0. The third kappa shape index (κ3) is 3.16. The Bertz CT molecular complexity index is 1050. The van der Waals surface area contributed by atoms with Crippen LogP contribution < -0.4 is 10.6 Å². The minimum atomic E-state index is -4.53. The molecule has 4 rings (SSSR count). The van der Waals surface area contributed by atoms with E-state index in [0.717, 1.165) is 12.1 Å². The van der Waals surface area contributed by atoms with Crippen molar-refractivity contribution in [3.05, 3.63) is 64.6 Å². The van der Waals surface area contributed by atoms with Crippen LogP contribution in [0.25, 0.3) is 16.6 Å². The zero-order chi connectivity index (χ0) is 19.2. The fourth-order valence-electron chi connectivity index (χ4n) is 3.39. The molecular formula is C19H16F3N3O2. The lowest BCUT2D eigenvalue weighted by Crippen LogP contribution is -2.29. The zero-order valence-electron chi connectivity index (χ0n) is 14.1. The Morgan fingerprint density at radius 1 is 1.11 bits per heavy atom. The van der Waals surface area contributed by atoms with Gasteiger partial charge in [0.05, 0.1) is 22.9 Å². The molecule has 2 aromatic carbocycles. The fourth-order valence-corrected chi connectivity index (χ4v) is 3.39. The number of aliphatic hydroxyl groups is 1. The minimum Gasteiger partial charge on any atom is -0.391 e. The van der Waals surface area contributed by atoms with Crippen molar-refractivity contribution < 1.29 is 18.3 Å². The Hall–Kier alpha value is -2.87. The molecule has 0 bridgehead atoms. The van der Waals surface area contributed by atoms with Crippen LogP contribution in [0, 0.1) is 0 Å². The number of halogens is 3. The quantitative estimate of drug-likeness (QED) is 0.748. The molecule has 5 nitrogen and oxygen atoms in total. The van der Waals surface area contributed by atoms with Gasteiger partial charge in [0, 0.05) is 18.5 Å². The molecule has 2 heterocycles. The highest BCUT2D eigenvalue weighted by Crippen LogP contribution is 2.34. The van der Waals surface area contributed by atoms with Crippen molar-refractivity contribution in [2.45, 2.75) is 18.7 Å². The first-order valence-electron chi connectivity index (χ1n) is 8.47. The molecule has 0 aliphatic carbocycles. The number of nitrogens with zero attached hydrogens (tertiary/aromatic N) is 3. The molecule has 3 aromatic rings. The monoisotopic (exact) mass is 375 g/mol. The summed E-state index contributed by atoms with van der Waals surface area (Å²) >= 11 is 0. The van der Waals surface area contributed by atoms with Crippen LogP contribution in [0.1, 0.15) is 12.0 Å². The summed E-state index contributed by atoms with van der Waals surface area (Å²) in [7, 11) is 0. The van der Waals surface area contributed by atoms with Gasteiger partial charge in [-0.05, 0) is 36.8 Å². The summed E-state index contributed by atoms with van der Waals surface area (Å²) in [6, 6.07) is 11.7. The first-order valence-corrected chi connectivity index (χ1v) is 8.47. The zero-order valence-corrected chi connectivity index (χ0v) is 14.1. The summed E-state index contributed by atoms with van der Waals surface area (Å²) in [6.07, 6.45) is -4.56. The first-order chi connectivity index (χ1) is 12.8. The minimum absolute atomic E-state index is 0.132. The molecule has 0 saturated carbocycles. The Kier molecular flexibility index (Phi) is 4.15. The lowest BCUT2D eigenvalue weighted by atomic mass is 10.1. The van der Waals surface area contributed by atoms with Gasteiger partial charge in [-0.2, -0.15) is 18.2 Å². The molecule has 1 aliphatic heterocycles. The van der Waals surface area contributed by atoms with Gasteiger partial charge in [-0.25, -0.2) is 4.79 Å². The van der Waals surface area contributed by atoms with E-state index >= 15 is 0 Å². The number of para-hydroxylation sites is 1. The maximum atomic E-state index is 13.3. The fraction of sp³-hybridized carbons (Fsp3) is 0.263. The van der Waals surface area contributed by atoms with Gasteiger partial charge in [-0.1, -0.05) is 18.2 Å². The SMILES string of the molecule is O=c1nc(N2CC[C@@H](O)C2)c2ccc(C(F)(F)F)cc2n1-c1ccccc1. The van der Waals surface area contributed by atoms with Gasteiger partial charge in [0.2, 0.25) is 0 Å². The summed E-state index contributed by atoms with van der Waals surface area (Å²) in [6.45, 7) is 0.775. The summed E-state index contributed by atoms with van der Waals surface area (Å²) in [4.78, 5) is 18.6. The van der Waals surface area contributed by atoms with Gasteiger partial charge < -0.3 is 10.0 Å². The van der Waals surface area contributed by atoms with Crippen LogP contribution in [0.15, 0.2) is 53.3 Å². The number of fused-ring (bicyclic) bond motifs is 1. The van der Waals surface area contributed by atoms with Gasteiger partial charge in [0.15, 0.2) is 0 Å². The van der Waals surface area contributed by atoms with Crippen LogP contribution in [0.2, 0.25) is 0 Å². The Labute approximate surface area is 152 Å². The molecule has 0 amide bonds. The smallest absolute Gasteiger partial charge is 0.391 e. The van der Waals surface area contributed by atoms with Gasteiger partial charge >= 0.3 is 11.9 Å². The van der Waals surface area contributed by atoms with Gasteiger partial charge in [0.25, 0.3) is 0 Å². The number of hydrogen-bond donors (Lipinski definition) is 1. The molecule has 0 radical (unpaired) electrons. The van der Waals surface area contributed by atoms with Crippen LogP contribution >= 0.6 is 0 Å². The van der Waals surface area contributed by atoms with Crippen molar-refractivity contribution in [3.63, 3.8) is 0 Å². The van der Waals surface area contributed by atoms with E-state index in [-0.39, 0.29) is 12.1 Å². The molecule has 27 heavy (non-hydrogen) atoms. The van der Waals surface area contributed by atoms with E-state index in [1.165, 1.54) is 10.6 Å². The average Bonchev–Trinajstić information content (AvgIpc) is 3.06. The highest BCUT2D eigenvalue weighted by atomic mass is 19.4. The normalized spacial score (nSPS) is 17.6.